The van der Waals surface area contributed by atoms with Crippen molar-refractivity contribution in [1.82, 2.24) is 0 Å². The molecular formula is C12H17NO2. The number of carbonyl (C=O) groups is 1. The van der Waals surface area contributed by atoms with Crippen LogP contribution in [0.4, 0.5) is 0 Å². The summed E-state index contributed by atoms with van der Waals surface area (Å²) >= 11 is 0. The summed E-state index contributed by atoms with van der Waals surface area (Å²) in [6.07, 6.45) is 1.84. The molecule has 15 heavy (non-hydrogen) atoms. The average molecular weight is 207 g/mol. The van der Waals surface area contributed by atoms with Crippen LogP contribution >= 0.6 is 0 Å². The number of hydrogen-bond donors (Lipinski definition) is 1. The number of rotatable bonds is 3. The van der Waals surface area contributed by atoms with E-state index in [-0.39, 0.29) is 23.2 Å². The van der Waals surface area contributed by atoms with E-state index >= 15 is 0 Å². The molecule has 2 atom stereocenters. The Bertz CT molecular complexity index is 347. The Labute approximate surface area is 90.4 Å². The SMILES string of the molecule is CC(C)C(C#N)=CC1C(C(=O)O)C1(C)C. The minimum atomic E-state index is -0.762. The van der Waals surface area contributed by atoms with Crippen molar-refractivity contribution in [3.8, 4) is 6.07 Å². The number of nitriles is 1. The molecule has 1 saturated carbocycles. The number of aliphatic carboxylic acids is 1. The molecule has 0 aromatic rings. The van der Waals surface area contributed by atoms with Crippen LogP contribution in [0.25, 0.3) is 0 Å². The third kappa shape index (κ3) is 2.04. The fourth-order valence-electron chi connectivity index (χ4n) is 2.01. The van der Waals surface area contributed by atoms with Gasteiger partial charge in [-0.1, -0.05) is 33.8 Å². The molecule has 1 N–H and O–H groups in total. The van der Waals surface area contributed by atoms with E-state index < -0.39 is 5.97 Å². The maximum absolute atomic E-state index is 10.9. The van der Waals surface area contributed by atoms with Gasteiger partial charge >= 0.3 is 5.97 Å². The standard InChI is InChI=1S/C12H17NO2/c1-7(2)8(6-13)5-9-10(11(14)15)12(9,3)4/h5,7,9-10H,1-4H3,(H,14,15). The molecule has 0 bridgehead atoms. The molecule has 1 rings (SSSR count). The molecule has 0 aromatic carbocycles. The summed E-state index contributed by atoms with van der Waals surface area (Å²) < 4.78 is 0. The maximum Gasteiger partial charge on any atom is 0.307 e. The van der Waals surface area contributed by atoms with Gasteiger partial charge in [-0.15, -0.1) is 0 Å². The highest BCUT2D eigenvalue weighted by Crippen LogP contribution is 2.59. The van der Waals surface area contributed by atoms with E-state index in [1.54, 1.807) is 0 Å². The zero-order chi connectivity index (χ0) is 11.8. The van der Waals surface area contributed by atoms with Crippen molar-refractivity contribution in [3.63, 3.8) is 0 Å². The van der Waals surface area contributed by atoms with Crippen molar-refractivity contribution in [2.45, 2.75) is 27.7 Å². The predicted molar refractivity (Wildman–Crippen MR) is 56.9 cm³/mol. The Morgan fingerprint density at radius 2 is 2.07 bits per heavy atom. The minimum absolute atomic E-state index is 0.00653. The molecular weight excluding hydrogens is 190 g/mol. The van der Waals surface area contributed by atoms with Gasteiger partial charge in [0.25, 0.3) is 0 Å². The first-order valence-corrected chi connectivity index (χ1v) is 5.17. The van der Waals surface area contributed by atoms with Gasteiger partial charge < -0.3 is 5.11 Å². The van der Waals surface area contributed by atoms with Gasteiger partial charge in [0.1, 0.15) is 0 Å². The van der Waals surface area contributed by atoms with Crippen molar-refractivity contribution < 1.29 is 9.90 Å². The lowest BCUT2D eigenvalue weighted by Crippen LogP contribution is -2.03. The molecule has 0 saturated heterocycles. The van der Waals surface area contributed by atoms with E-state index in [0.717, 1.165) is 0 Å². The molecule has 0 radical (unpaired) electrons. The van der Waals surface area contributed by atoms with Gasteiger partial charge in [0.15, 0.2) is 0 Å². The molecule has 0 heterocycles. The van der Waals surface area contributed by atoms with Crippen LogP contribution in [0, 0.1) is 34.5 Å². The fraction of sp³-hybridized carbons (Fsp3) is 0.667. The van der Waals surface area contributed by atoms with E-state index in [1.165, 1.54) is 0 Å². The summed E-state index contributed by atoms with van der Waals surface area (Å²) in [5.74, 6) is -0.921. The van der Waals surface area contributed by atoms with Gasteiger partial charge in [-0.25, -0.2) is 0 Å². The van der Waals surface area contributed by atoms with E-state index in [1.807, 2.05) is 33.8 Å². The Morgan fingerprint density at radius 1 is 1.53 bits per heavy atom. The number of carboxylic acids is 1. The van der Waals surface area contributed by atoms with Crippen LogP contribution in [0.5, 0.6) is 0 Å². The first kappa shape index (κ1) is 11.8. The third-order valence-electron chi connectivity index (χ3n) is 3.29. The quantitative estimate of drug-likeness (QED) is 0.723. The fourth-order valence-corrected chi connectivity index (χ4v) is 2.01. The molecule has 2 unspecified atom stereocenters. The summed E-state index contributed by atoms with van der Waals surface area (Å²) in [4.78, 5) is 10.9. The number of hydrogen-bond acceptors (Lipinski definition) is 2. The van der Waals surface area contributed by atoms with Crippen LogP contribution < -0.4 is 0 Å². The van der Waals surface area contributed by atoms with Gasteiger partial charge in [0, 0.05) is 5.57 Å². The van der Waals surface area contributed by atoms with Crippen LogP contribution in [-0.4, -0.2) is 11.1 Å². The smallest absolute Gasteiger partial charge is 0.307 e. The van der Waals surface area contributed by atoms with Gasteiger partial charge in [0.2, 0.25) is 0 Å². The van der Waals surface area contributed by atoms with E-state index in [2.05, 4.69) is 6.07 Å². The third-order valence-corrected chi connectivity index (χ3v) is 3.29. The monoisotopic (exact) mass is 207 g/mol. The molecule has 82 valence electrons. The largest absolute Gasteiger partial charge is 0.481 e. The van der Waals surface area contributed by atoms with Gasteiger partial charge in [-0.2, -0.15) is 5.26 Å². The first-order valence-electron chi connectivity index (χ1n) is 5.17. The zero-order valence-corrected chi connectivity index (χ0v) is 9.61. The van der Waals surface area contributed by atoms with Gasteiger partial charge in [0.05, 0.1) is 12.0 Å². The van der Waals surface area contributed by atoms with Crippen LogP contribution in [-0.2, 0) is 4.79 Å². The molecule has 1 fully saturated rings. The van der Waals surface area contributed by atoms with E-state index in [0.29, 0.717) is 5.57 Å². The Kier molecular flexibility index (Phi) is 2.90. The molecule has 0 aromatic heterocycles. The second-order valence-corrected chi connectivity index (χ2v) is 5.05. The Balaban J connectivity index is 2.86. The minimum Gasteiger partial charge on any atom is -0.481 e. The lowest BCUT2D eigenvalue weighted by atomic mass is 10.0. The number of nitrogens with zero attached hydrogens (tertiary/aromatic N) is 1. The van der Waals surface area contributed by atoms with Crippen molar-refractivity contribution in [2.75, 3.05) is 0 Å². The number of allylic oxidation sites excluding steroid dienone is 2. The zero-order valence-electron chi connectivity index (χ0n) is 9.61. The van der Waals surface area contributed by atoms with E-state index in [4.69, 9.17) is 10.4 Å². The van der Waals surface area contributed by atoms with Crippen LogP contribution in [0.3, 0.4) is 0 Å². The van der Waals surface area contributed by atoms with Crippen LogP contribution in [0.15, 0.2) is 11.6 Å². The van der Waals surface area contributed by atoms with Crippen LogP contribution in [0.2, 0.25) is 0 Å². The van der Waals surface area contributed by atoms with E-state index in [9.17, 15) is 4.79 Å². The predicted octanol–water partition coefficient (Wildman–Crippen LogP) is 2.45. The second kappa shape index (κ2) is 3.69. The molecule has 3 nitrogen and oxygen atoms in total. The molecule has 1 aliphatic carbocycles. The van der Waals surface area contributed by atoms with Crippen molar-refractivity contribution >= 4 is 5.97 Å². The molecule has 1 aliphatic rings. The summed E-state index contributed by atoms with van der Waals surface area (Å²) in [7, 11) is 0. The summed E-state index contributed by atoms with van der Waals surface area (Å²) in [5, 5.41) is 17.9. The number of carboxylic acid groups (broad SMARTS) is 1. The highest BCUT2D eigenvalue weighted by Gasteiger charge is 2.61. The lowest BCUT2D eigenvalue weighted by molar-refractivity contribution is -0.139. The second-order valence-electron chi connectivity index (χ2n) is 5.05. The molecule has 0 amide bonds. The van der Waals surface area contributed by atoms with Crippen molar-refractivity contribution in [1.29, 1.82) is 5.26 Å². The lowest BCUT2D eigenvalue weighted by Gasteiger charge is -2.02. The molecule has 0 spiro atoms. The summed E-state index contributed by atoms with van der Waals surface area (Å²) in [6.45, 7) is 7.75. The normalized spacial score (nSPS) is 28.7. The first-order chi connectivity index (χ1) is 6.82. The Morgan fingerprint density at radius 3 is 2.33 bits per heavy atom. The summed E-state index contributed by atoms with van der Waals surface area (Å²) in [5.41, 5.74) is 0.486. The summed E-state index contributed by atoms with van der Waals surface area (Å²) in [6, 6.07) is 2.14. The molecule has 0 aliphatic heterocycles. The highest BCUT2D eigenvalue weighted by molar-refractivity contribution is 5.76. The van der Waals surface area contributed by atoms with Crippen molar-refractivity contribution in [2.24, 2.45) is 23.2 Å². The average Bonchev–Trinajstić information content (AvgIpc) is 2.63. The molecule has 3 heteroatoms. The van der Waals surface area contributed by atoms with Gasteiger partial charge in [-0.05, 0) is 17.3 Å². The van der Waals surface area contributed by atoms with Gasteiger partial charge in [-0.3, -0.25) is 4.79 Å². The highest BCUT2D eigenvalue weighted by atomic mass is 16.4. The topological polar surface area (TPSA) is 61.1 Å². The Hall–Kier alpha value is -1.30. The van der Waals surface area contributed by atoms with Crippen molar-refractivity contribution in [3.05, 3.63) is 11.6 Å². The van der Waals surface area contributed by atoms with Crippen LogP contribution in [0.1, 0.15) is 27.7 Å². The maximum atomic E-state index is 10.9.